The molecule has 1 aliphatic rings. The molecule has 1 rings (SSSR count). The molecule has 0 saturated carbocycles. The fourth-order valence-corrected chi connectivity index (χ4v) is 2.04. The molecule has 0 radical (unpaired) electrons. The lowest BCUT2D eigenvalue weighted by molar-refractivity contribution is -0.142. The molecule has 7 nitrogen and oxygen atoms in total. The molecule has 0 atom stereocenters. The van der Waals surface area contributed by atoms with Crippen LogP contribution in [0.3, 0.4) is 0 Å². The largest absolute Gasteiger partial charge is 0.469 e. The molecule has 0 aromatic carbocycles. The van der Waals surface area contributed by atoms with E-state index in [0.717, 1.165) is 0 Å². The summed E-state index contributed by atoms with van der Waals surface area (Å²) in [5.41, 5.74) is 0. The monoisotopic (exact) mass is 286 g/mol. The lowest BCUT2D eigenvalue weighted by Gasteiger charge is -2.31. The molecule has 0 aromatic rings. The van der Waals surface area contributed by atoms with Gasteiger partial charge in [-0.3, -0.25) is 9.59 Å². The summed E-state index contributed by atoms with van der Waals surface area (Å²) in [5, 5.41) is 2.86. The molecule has 0 bridgehead atoms. The number of hydrogen-bond acceptors (Lipinski definition) is 5. The molecule has 0 unspecified atom stereocenters. The molecule has 1 N–H and O–H groups in total. The third kappa shape index (κ3) is 5.46. The summed E-state index contributed by atoms with van der Waals surface area (Å²) in [6.45, 7) is 3.27. The maximum atomic E-state index is 11.6. The summed E-state index contributed by atoms with van der Waals surface area (Å²) in [5.74, 6) is -0.553. The Balaban J connectivity index is 2.23. The van der Waals surface area contributed by atoms with E-state index in [-0.39, 0.29) is 30.9 Å². The van der Waals surface area contributed by atoms with Crippen molar-refractivity contribution in [3.8, 4) is 0 Å². The van der Waals surface area contributed by atoms with Crippen molar-refractivity contribution < 1.29 is 23.9 Å². The van der Waals surface area contributed by atoms with Crippen molar-refractivity contribution in [2.75, 3.05) is 26.8 Å². The molecule has 0 spiro atoms. The number of hydrogen-bond donors (Lipinski definition) is 1. The van der Waals surface area contributed by atoms with E-state index in [1.807, 2.05) is 0 Å². The Morgan fingerprint density at radius 2 is 1.85 bits per heavy atom. The summed E-state index contributed by atoms with van der Waals surface area (Å²) in [6.07, 6.45) is 1.31. The Bertz CT molecular complexity index is 351. The second-order valence-corrected chi connectivity index (χ2v) is 4.60. The van der Waals surface area contributed by atoms with Crippen molar-refractivity contribution in [2.45, 2.75) is 38.6 Å². The second-order valence-electron chi connectivity index (χ2n) is 4.60. The summed E-state index contributed by atoms with van der Waals surface area (Å²) in [6, 6.07) is 0.0471. The first-order valence-electron chi connectivity index (χ1n) is 6.84. The summed E-state index contributed by atoms with van der Waals surface area (Å²) in [4.78, 5) is 35.7. The van der Waals surface area contributed by atoms with Crippen LogP contribution in [-0.2, 0) is 19.1 Å². The predicted molar refractivity (Wildman–Crippen MR) is 71.0 cm³/mol. The molecule has 0 aromatic heterocycles. The zero-order valence-electron chi connectivity index (χ0n) is 12.0. The van der Waals surface area contributed by atoms with Crippen molar-refractivity contribution in [1.29, 1.82) is 0 Å². The Kier molecular flexibility index (Phi) is 6.83. The van der Waals surface area contributed by atoms with Gasteiger partial charge < -0.3 is 19.7 Å². The minimum Gasteiger partial charge on any atom is -0.469 e. The van der Waals surface area contributed by atoms with Crippen molar-refractivity contribution in [3.05, 3.63) is 0 Å². The first kappa shape index (κ1) is 16.3. The number of likely N-dealkylation sites (tertiary alicyclic amines) is 1. The normalized spacial score (nSPS) is 15.6. The molecule has 1 fully saturated rings. The molecule has 2 amide bonds. The van der Waals surface area contributed by atoms with Crippen LogP contribution in [0.25, 0.3) is 0 Å². The number of amides is 2. The highest BCUT2D eigenvalue weighted by Gasteiger charge is 2.24. The molecule has 0 aliphatic carbocycles. The van der Waals surface area contributed by atoms with Crippen molar-refractivity contribution in [3.63, 3.8) is 0 Å². The molecule has 1 heterocycles. The third-order valence-corrected chi connectivity index (χ3v) is 3.17. The van der Waals surface area contributed by atoms with Gasteiger partial charge in [0.2, 0.25) is 5.91 Å². The van der Waals surface area contributed by atoms with Gasteiger partial charge in [-0.1, -0.05) is 0 Å². The lowest BCUT2D eigenvalue weighted by atomic mass is 10.1. The van der Waals surface area contributed by atoms with E-state index in [0.29, 0.717) is 32.5 Å². The van der Waals surface area contributed by atoms with Gasteiger partial charge in [-0.2, -0.15) is 0 Å². The number of nitrogens with zero attached hydrogens (tertiary/aromatic N) is 1. The van der Waals surface area contributed by atoms with Crippen LogP contribution < -0.4 is 5.32 Å². The van der Waals surface area contributed by atoms with Crippen molar-refractivity contribution in [1.82, 2.24) is 10.2 Å². The molecular formula is C13H22N2O5. The minimum absolute atomic E-state index is 0.0471. The zero-order valence-corrected chi connectivity index (χ0v) is 12.0. The second kappa shape index (κ2) is 8.39. The van der Waals surface area contributed by atoms with Crippen LogP contribution in [0, 0.1) is 0 Å². The average Bonchev–Trinajstić information content (AvgIpc) is 2.45. The van der Waals surface area contributed by atoms with E-state index in [4.69, 9.17) is 4.74 Å². The Hall–Kier alpha value is -1.79. The number of carbonyl (C=O) groups excluding carboxylic acids is 3. The fourth-order valence-electron chi connectivity index (χ4n) is 2.04. The molecule has 1 saturated heterocycles. The van der Waals surface area contributed by atoms with E-state index < -0.39 is 5.97 Å². The van der Waals surface area contributed by atoms with Gasteiger partial charge >= 0.3 is 12.1 Å². The molecule has 114 valence electrons. The van der Waals surface area contributed by atoms with Crippen LogP contribution in [0.4, 0.5) is 4.79 Å². The van der Waals surface area contributed by atoms with Gasteiger partial charge in [0.05, 0.1) is 20.1 Å². The van der Waals surface area contributed by atoms with E-state index in [9.17, 15) is 14.4 Å². The third-order valence-electron chi connectivity index (χ3n) is 3.17. The maximum absolute atomic E-state index is 11.6. The quantitative estimate of drug-likeness (QED) is 0.751. The van der Waals surface area contributed by atoms with Crippen LogP contribution in [0.2, 0.25) is 0 Å². The maximum Gasteiger partial charge on any atom is 0.409 e. The van der Waals surface area contributed by atoms with Crippen molar-refractivity contribution >= 4 is 18.0 Å². The van der Waals surface area contributed by atoms with Gasteiger partial charge in [-0.05, 0) is 19.8 Å². The summed E-state index contributed by atoms with van der Waals surface area (Å²) in [7, 11) is 1.30. The van der Waals surface area contributed by atoms with Gasteiger partial charge in [-0.25, -0.2) is 4.79 Å². The molecular weight excluding hydrogens is 264 g/mol. The van der Waals surface area contributed by atoms with E-state index in [1.54, 1.807) is 11.8 Å². The van der Waals surface area contributed by atoms with Gasteiger partial charge in [0.15, 0.2) is 0 Å². The molecule has 7 heteroatoms. The number of methoxy groups -OCH3 is 1. The van der Waals surface area contributed by atoms with Crippen molar-refractivity contribution in [2.24, 2.45) is 0 Å². The highest BCUT2D eigenvalue weighted by Crippen LogP contribution is 2.11. The highest BCUT2D eigenvalue weighted by molar-refractivity contribution is 5.81. The first-order valence-corrected chi connectivity index (χ1v) is 6.84. The van der Waals surface area contributed by atoms with E-state index in [1.165, 1.54) is 7.11 Å². The first-order chi connectivity index (χ1) is 9.56. The highest BCUT2D eigenvalue weighted by atomic mass is 16.6. The lowest BCUT2D eigenvalue weighted by Crippen LogP contribution is -2.46. The number of rotatable bonds is 5. The molecule has 1 aliphatic heterocycles. The predicted octanol–water partition coefficient (Wildman–Crippen LogP) is 0.677. The number of ether oxygens (including phenoxy) is 2. The zero-order chi connectivity index (χ0) is 15.0. The Morgan fingerprint density at radius 3 is 2.40 bits per heavy atom. The van der Waals surface area contributed by atoms with E-state index in [2.05, 4.69) is 10.1 Å². The van der Waals surface area contributed by atoms with E-state index >= 15 is 0 Å². The van der Waals surface area contributed by atoms with Gasteiger partial charge in [0.1, 0.15) is 0 Å². The number of carbonyl (C=O) groups is 3. The minimum atomic E-state index is -0.391. The summed E-state index contributed by atoms with van der Waals surface area (Å²) < 4.78 is 9.40. The van der Waals surface area contributed by atoms with Gasteiger partial charge in [0, 0.05) is 25.6 Å². The fraction of sp³-hybridized carbons (Fsp3) is 0.769. The van der Waals surface area contributed by atoms with Gasteiger partial charge in [0.25, 0.3) is 0 Å². The smallest absolute Gasteiger partial charge is 0.409 e. The number of nitrogens with one attached hydrogen (secondary N) is 1. The summed E-state index contributed by atoms with van der Waals surface area (Å²) >= 11 is 0. The topological polar surface area (TPSA) is 84.9 Å². The van der Waals surface area contributed by atoms with Gasteiger partial charge in [-0.15, -0.1) is 0 Å². The number of esters is 1. The van der Waals surface area contributed by atoms with Crippen LogP contribution >= 0.6 is 0 Å². The van der Waals surface area contributed by atoms with Crippen LogP contribution in [-0.4, -0.2) is 55.7 Å². The SMILES string of the molecule is CCOC(=O)N1CCC(NC(=O)CCC(=O)OC)CC1. The average molecular weight is 286 g/mol. The molecule has 20 heavy (non-hydrogen) atoms. The standard InChI is InChI=1S/C13H22N2O5/c1-3-20-13(18)15-8-6-10(7-9-15)14-11(16)4-5-12(17)19-2/h10H,3-9H2,1-2H3,(H,14,16). The van der Waals surface area contributed by atoms with Crippen LogP contribution in [0.15, 0.2) is 0 Å². The number of piperidine rings is 1. The van der Waals surface area contributed by atoms with Crippen LogP contribution in [0.5, 0.6) is 0 Å². The Labute approximate surface area is 118 Å². The van der Waals surface area contributed by atoms with Crippen LogP contribution in [0.1, 0.15) is 32.6 Å². The Morgan fingerprint density at radius 1 is 1.20 bits per heavy atom.